The first-order chi connectivity index (χ1) is 48.6. The number of hydrogen-bond donors (Lipinski definition) is 0. The van der Waals surface area contributed by atoms with Crippen LogP contribution in [0.5, 0.6) is 0 Å². The third-order valence-corrected chi connectivity index (χ3v) is 16.3. The van der Waals surface area contributed by atoms with E-state index in [-0.39, 0.29) is 38.6 Å². The Labute approximate surface area is 608 Å². The molecule has 0 aromatic carbocycles. The number of aliphatic carboxylic acids is 1. The molecule has 0 aromatic heterocycles. The number of carboxylic acid groups (broad SMARTS) is 1. The Morgan fingerprint density at radius 1 is 0.303 bits per heavy atom. The molecular formula is C90H145NO8. The fourth-order valence-corrected chi connectivity index (χ4v) is 10.4. The number of carbonyl (C=O) groups excluding carboxylic acids is 3. The van der Waals surface area contributed by atoms with Crippen LogP contribution in [0.2, 0.25) is 0 Å². The third kappa shape index (κ3) is 79.3. The molecule has 0 aliphatic heterocycles. The molecule has 0 saturated heterocycles. The van der Waals surface area contributed by atoms with E-state index in [0.717, 1.165) is 154 Å². The van der Waals surface area contributed by atoms with Crippen LogP contribution in [0.25, 0.3) is 0 Å². The van der Waals surface area contributed by atoms with Crippen molar-refractivity contribution in [1.82, 2.24) is 0 Å². The van der Waals surface area contributed by atoms with Crippen LogP contribution in [0, 0.1) is 0 Å². The lowest BCUT2D eigenvalue weighted by Gasteiger charge is -2.26. The minimum atomic E-state index is -1.63. The van der Waals surface area contributed by atoms with E-state index >= 15 is 0 Å². The van der Waals surface area contributed by atoms with Crippen molar-refractivity contribution in [2.75, 3.05) is 47.5 Å². The van der Waals surface area contributed by atoms with Crippen molar-refractivity contribution in [3.8, 4) is 0 Å². The molecule has 9 nitrogen and oxygen atoms in total. The quantitative estimate of drug-likeness (QED) is 0.0195. The maximum atomic E-state index is 13.0. The Morgan fingerprint density at radius 2 is 0.545 bits per heavy atom. The molecule has 0 fully saturated rings. The van der Waals surface area contributed by atoms with Crippen LogP contribution < -0.4 is 5.11 Å². The summed E-state index contributed by atoms with van der Waals surface area (Å²) in [6.07, 6.45) is 117. The highest BCUT2D eigenvalue weighted by Crippen LogP contribution is 2.17. The zero-order chi connectivity index (χ0) is 71.8. The molecule has 0 radical (unpaired) electrons. The highest BCUT2D eigenvalue weighted by atomic mass is 16.7. The van der Waals surface area contributed by atoms with E-state index in [2.05, 4.69) is 208 Å². The number of hydrogen-bond acceptors (Lipinski definition) is 8. The van der Waals surface area contributed by atoms with Gasteiger partial charge in [0.25, 0.3) is 0 Å². The van der Waals surface area contributed by atoms with Gasteiger partial charge in [-0.3, -0.25) is 9.59 Å². The molecule has 0 amide bonds. The van der Waals surface area contributed by atoms with Crippen molar-refractivity contribution < 1.29 is 42.9 Å². The fraction of sp³-hybridized carbons (Fsp3) is 0.611. The van der Waals surface area contributed by atoms with Crippen LogP contribution in [0.15, 0.2) is 194 Å². The molecule has 0 bridgehead atoms. The number of allylic oxidation sites excluding steroid dienone is 32. The Morgan fingerprint density at radius 3 is 0.808 bits per heavy atom. The molecule has 0 aromatic rings. The maximum absolute atomic E-state index is 13.0. The van der Waals surface area contributed by atoms with Crippen molar-refractivity contribution in [2.24, 2.45) is 0 Å². The summed E-state index contributed by atoms with van der Waals surface area (Å²) >= 11 is 0. The molecule has 0 N–H and O–H groups in total. The molecule has 0 saturated carbocycles. The van der Waals surface area contributed by atoms with E-state index < -0.39 is 24.3 Å². The van der Waals surface area contributed by atoms with Crippen molar-refractivity contribution >= 4 is 17.9 Å². The number of likely N-dealkylation sites (N-methyl/N-ethyl adjacent to an activating group) is 1. The van der Waals surface area contributed by atoms with E-state index in [9.17, 15) is 19.5 Å². The number of esters is 2. The standard InChI is InChI=1S/C90H145NO8/c1-6-8-10-12-14-16-18-20-22-24-26-28-30-32-34-36-38-40-41-42-43-44-45-46-47-49-51-53-55-57-59-61-63-65-67-69-71-73-75-77-79-81-88(93)99-86(85-98-90(89(94)95)96-83-82-91(3,4)5)84-97-87(92)80-78-76-74-72-70-68-66-64-62-60-58-56-54-52-50-48-39-37-35-33-31-29-27-25-23-21-19-17-15-13-11-9-7-2/h8-11,14-17,20-23,26-29,32-35,38-40,42-43,45-46,48-49,51-52,54,86,90H,6-7,12-13,18-19,24-25,30-31,36-37,41,44,47,50,53,55-85H2,1-5H3/b10-8-,11-9-,16-14-,17-15-,22-20-,23-21-,28-26-,29-27-,34-32-,35-33-,40-38-,43-42-,46-45-,48-39-,51-49-,54-52-. The van der Waals surface area contributed by atoms with Gasteiger partial charge in [0, 0.05) is 12.8 Å². The van der Waals surface area contributed by atoms with Gasteiger partial charge >= 0.3 is 11.9 Å². The average Bonchev–Trinajstić information content (AvgIpc) is 2.62. The van der Waals surface area contributed by atoms with Gasteiger partial charge in [-0.25, -0.2) is 0 Å². The smallest absolute Gasteiger partial charge is 0.306 e. The van der Waals surface area contributed by atoms with Crippen LogP contribution in [-0.2, 0) is 33.3 Å². The van der Waals surface area contributed by atoms with Gasteiger partial charge in [-0.05, 0) is 141 Å². The van der Waals surface area contributed by atoms with Crippen molar-refractivity contribution in [2.45, 2.75) is 309 Å². The second-order valence-corrected chi connectivity index (χ2v) is 26.9. The molecule has 0 spiro atoms. The molecule has 9 heteroatoms. The molecular weight excluding hydrogens is 1220 g/mol. The summed E-state index contributed by atoms with van der Waals surface area (Å²) in [5, 5.41) is 11.9. The summed E-state index contributed by atoms with van der Waals surface area (Å²) < 4.78 is 22.8. The molecule has 0 aliphatic carbocycles. The molecule has 2 atom stereocenters. The van der Waals surface area contributed by atoms with E-state index in [1.807, 2.05) is 21.1 Å². The Balaban J connectivity index is 4.11. The summed E-state index contributed by atoms with van der Waals surface area (Å²) in [7, 11) is 5.93. The molecule has 99 heavy (non-hydrogen) atoms. The lowest BCUT2D eigenvalue weighted by Crippen LogP contribution is -2.44. The largest absolute Gasteiger partial charge is 0.545 e. The van der Waals surface area contributed by atoms with E-state index in [0.29, 0.717) is 17.4 Å². The average molecular weight is 1370 g/mol. The highest BCUT2D eigenvalue weighted by molar-refractivity contribution is 5.70. The molecule has 0 rings (SSSR count). The number of nitrogens with zero attached hydrogens (tertiary/aromatic N) is 1. The van der Waals surface area contributed by atoms with Crippen molar-refractivity contribution in [3.05, 3.63) is 194 Å². The topological polar surface area (TPSA) is 111 Å². The van der Waals surface area contributed by atoms with E-state index in [4.69, 9.17) is 18.9 Å². The summed E-state index contributed by atoms with van der Waals surface area (Å²) in [4.78, 5) is 37.6. The Bertz CT molecular complexity index is 2340. The summed E-state index contributed by atoms with van der Waals surface area (Å²) in [6.45, 7) is 4.51. The molecule has 558 valence electrons. The van der Waals surface area contributed by atoms with Crippen LogP contribution >= 0.6 is 0 Å². The summed E-state index contributed by atoms with van der Waals surface area (Å²) in [5.74, 6) is -2.30. The second kappa shape index (κ2) is 77.9. The van der Waals surface area contributed by atoms with Gasteiger partial charge in [0.15, 0.2) is 12.4 Å². The molecule has 0 aliphatic rings. The number of rotatable bonds is 71. The second-order valence-electron chi connectivity index (χ2n) is 26.9. The van der Waals surface area contributed by atoms with Crippen molar-refractivity contribution in [3.63, 3.8) is 0 Å². The van der Waals surface area contributed by atoms with Crippen molar-refractivity contribution in [1.29, 1.82) is 0 Å². The maximum Gasteiger partial charge on any atom is 0.306 e. The number of quaternary nitrogens is 1. The van der Waals surface area contributed by atoms with Crippen LogP contribution in [0.3, 0.4) is 0 Å². The van der Waals surface area contributed by atoms with Crippen LogP contribution in [0.4, 0.5) is 0 Å². The van der Waals surface area contributed by atoms with Crippen LogP contribution in [0.1, 0.15) is 296 Å². The van der Waals surface area contributed by atoms with Gasteiger partial charge in [0.1, 0.15) is 13.2 Å². The first-order valence-electron chi connectivity index (χ1n) is 39.6. The zero-order valence-corrected chi connectivity index (χ0v) is 63.8. The Hall–Kier alpha value is -5.87. The first-order valence-corrected chi connectivity index (χ1v) is 39.6. The summed E-state index contributed by atoms with van der Waals surface area (Å²) in [6, 6.07) is 0. The minimum absolute atomic E-state index is 0.139. The summed E-state index contributed by atoms with van der Waals surface area (Å²) in [5.41, 5.74) is 0. The van der Waals surface area contributed by atoms with Gasteiger partial charge < -0.3 is 33.3 Å². The van der Waals surface area contributed by atoms with E-state index in [1.54, 1.807) is 0 Å². The predicted octanol–water partition coefficient (Wildman–Crippen LogP) is 24.4. The number of carboxylic acids is 1. The molecule has 2 unspecified atom stereocenters. The number of unbranched alkanes of at least 4 members (excludes halogenated alkanes) is 24. The van der Waals surface area contributed by atoms with E-state index in [1.165, 1.54) is 109 Å². The monoisotopic (exact) mass is 1370 g/mol. The third-order valence-electron chi connectivity index (χ3n) is 16.3. The van der Waals surface area contributed by atoms with Gasteiger partial charge in [-0.2, -0.15) is 0 Å². The minimum Gasteiger partial charge on any atom is -0.545 e. The highest BCUT2D eigenvalue weighted by Gasteiger charge is 2.22. The van der Waals surface area contributed by atoms with Gasteiger partial charge in [0.05, 0.1) is 40.3 Å². The zero-order valence-electron chi connectivity index (χ0n) is 63.8. The van der Waals surface area contributed by atoms with Gasteiger partial charge in [0.2, 0.25) is 0 Å². The van der Waals surface area contributed by atoms with Gasteiger partial charge in [-0.15, -0.1) is 0 Å². The number of ether oxygens (including phenoxy) is 4. The fourth-order valence-electron chi connectivity index (χ4n) is 10.4. The molecule has 0 heterocycles. The predicted molar refractivity (Wildman–Crippen MR) is 425 cm³/mol. The van der Waals surface area contributed by atoms with Crippen LogP contribution in [-0.4, -0.2) is 82.3 Å². The Kier molecular flexibility index (Phi) is 73.2. The normalized spacial score (nSPS) is 13.7. The first kappa shape index (κ1) is 93.1. The lowest BCUT2D eigenvalue weighted by atomic mass is 10.0. The SMILES string of the molecule is CC/C=C\C/C=C\C/C=C\C/C=C\C/C=C\C/C=C\C/C=C\C/C=C\C/C=C\CCCCCCCCCCCCCCCC(=O)OC(COC(=O)CCCCCCCCCCCCC/C=C\C/C=C\C/C=C\C/C=C\C/C=C\C/C=C\C/C=C\CC)COC(OCC[N+](C)(C)C)C(=O)[O-]. The van der Waals surface area contributed by atoms with Gasteiger partial charge in [-0.1, -0.05) is 337 Å². The lowest BCUT2D eigenvalue weighted by molar-refractivity contribution is -0.870. The number of carbonyl (C=O) groups is 3.